The van der Waals surface area contributed by atoms with Crippen molar-refractivity contribution in [2.24, 2.45) is 7.05 Å². The number of hydrogen-bond donors (Lipinski definition) is 1. The zero-order valence-electron chi connectivity index (χ0n) is 18.7. The second-order valence-electron chi connectivity index (χ2n) is 8.43. The summed E-state index contributed by atoms with van der Waals surface area (Å²) in [5.74, 6) is 0.716. The van der Waals surface area contributed by atoms with Gasteiger partial charge in [0.25, 0.3) is 5.91 Å². The van der Waals surface area contributed by atoms with Crippen LogP contribution in [0.4, 0.5) is 0 Å². The molecule has 0 bridgehead atoms. The van der Waals surface area contributed by atoms with E-state index >= 15 is 0 Å². The fourth-order valence-electron chi connectivity index (χ4n) is 4.76. The number of aryl methyl sites for hydroxylation is 1. The van der Waals surface area contributed by atoms with Gasteiger partial charge in [0.05, 0.1) is 18.5 Å². The fraction of sp³-hybridized carbons (Fsp3) is 0.280. The Bertz CT molecular complexity index is 1290. The third-order valence-electron chi connectivity index (χ3n) is 6.41. The molecule has 168 valence electrons. The van der Waals surface area contributed by atoms with Gasteiger partial charge in [-0.05, 0) is 55.3 Å². The Balaban J connectivity index is 1.46. The molecular formula is C25H24N4O4. The predicted octanol–water partition coefficient (Wildman–Crippen LogP) is 2.83. The lowest BCUT2D eigenvalue weighted by Crippen LogP contribution is -2.52. The Morgan fingerprint density at radius 3 is 2.48 bits per heavy atom. The molecule has 1 fully saturated rings. The third kappa shape index (κ3) is 3.47. The van der Waals surface area contributed by atoms with E-state index in [0.717, 1.165) is 39.7 Å². The predicted molar refractivity (Wildman–Crippen MR) is 121 cm³/mol. The second kappa shape index (κ2) is 7.88. The first-order valence-electron chi connectivity index (χ1n) is 10.8. The standard InChI is InChI=1S/C25H24N4O4/c1-14-22(15-4-7-18(33-3)8-5-15)28(2)23(26-14)16-6-9-19-17(12-16)13-29(25(19)32)20-10-11-21(30)27-24(20)31/h4-9,12,20H,10-11,13H2,1-3H3,(H,27,30,31). The normalized spacial score (nSPS) is 17.8. The summed E-state index contributed by atoms with van der Waals surface area (Å²) in [5.41, 5.74) is 5.29. The highest BCUT2D eigenvalue weighted by atomic mass is 16.5. The first-order chi connectivity index (χ1) is 15.9. The second-order valence-corrected chi connectivity index (χ2v) is 8.43. The number of carbonyl (C=O) groups is 3. The summed E-state index contributed by atoms with van der Waals surface area (Å²) in [7, 11) is 3.62. The molecule has 5 rings (SSSR count). The van der Waals surface area contributed by atoms with Crippen molar-refractivity contribution < 1.29 is 19.1 Å². The average Bonchev–Trinajstić information content (AvgIpc) is 3.29. The number of hydrogen-bond acceptors (Lipinski definition) is 5. The molecule has 0 saturated carbocycles. The van der Waals surface area contributed by atoms with Crippen molar-refractivity contribution in [2.75, 3.05) is 7.11 Å². The van der Waals surface area contributed by atoms with E-state index in [9.17, 15) is 14.4 Å². The maximum absolute atomic E-state index is 13.0. The smallest absolute Gasteiger partial charge is 0.255 e. The monoisotopic (exact) mass is 444 g/mol. The SMILES string of the molecule is COc1ccc(-c2c(C)nc(-c3ccc4c(c3)CN(C3CCC(=O)NC3=O)C4=O)n2C)cc1. The minimum atomic E-state index is -0.622. The first-order valence-corrected chi connectivity index (χ1v) is 10.8. The molecule has 3 heterocycles. The zero-order chi connectivity index (χ0) is 23.3. The van der Waals surface area contributed by atoms with Gasteiger partial charge in [0.1, 0.15) is 17.6 Å². The van der Waals surface area contributed by atoms with Gasteiger partial charge in [0.15, 0.2) is 0 Å². The van der Waals surface area contributed by atoms with Crippen LogP contribution in [0.1, 0.15) is 34.5 Å². The summed E-state index contributed by atoms with van der Waals surface area (Å²) in [4.78, 5) is 43.1. The Morgan fingerprint density at radius 2 is 1.79 bits per heavy atom. The Morgan fingerprint density at radius 1 is 1.06 bits per heavy atom. The summed E-state index contributed by atoms with van der Waals surface area (Å²) in [6.07, 6.45) is 0.587. The fourth-order valence-corrected chi connectivity index (χ4v) is 4.76. The van der Waals surface area contributed by atoms with Crippen LogP contribution in [0.5, 0.6) is 5.75 Å². The minimum Gasteiger partial charge on any atom is -0.497 e. The van der Waals surface area contributed by atoms with Gasteiger partial charge in [0, 0.05) is 36.7 Å². The molecule has 1 aromatic heterocycles. The molecule has 8 heteroatoms. The van der Waals surface area contributed by atoms with Gasteiger partial charge in [-0.15, -0.1) is 0 Å². The van der Waals surface area contributed by atoms with Crippen LogP contribution in [0.2, 0.25) is 0 Å². The molecule has 0 radical (unpaired) electrons. The van der Waals surface area contributed by atoms with E-state index in [1.165, 1.54) is 0 Å². The number of aromatic nitrogens is 2. The van der Waals surface area contributed by atoms with Gasteiger partial charge >= 0.3 is 0 Å². The molecule has 0 spiro atoms. The van der Waals surface area contributed by atoms with Crippen molar-refractivity contribution in [2.45, 2.75) is 32.4 Å². The molecule has 3 aromatic rings. The molecule has 1 atom stereocenters. The van der Waals surface area contributed by atoms with E-state index in [1.807, 2.05) is 54.9 Å². The summed E-state index contributed by atoms with van der Waals surface area (Å²) in [6, 6.07) is 12.9. The van der Waals surface area contributed by atoms with Gasteiger partial charge in [-0.2, -0.15) is 0 Å². The van der Waals surface area contributed by atoms with Gasteiger partial charge in [-0.25, -0.2) is 4.98 Å². The number of nitrogens with zero attached hydrogens (tertiary/aromatic N) is 3. The lowest BCUT2D eigenvalue weighted by molar-refractivity contribution is -0.136. The molecule has 2 aliphatic rings. The molecule has 1 unspecified atom stereocenters. The van der Waals surface area contributed by atoms with Crippen LogP contribution in [0, 0.1) is 6.92 Å². The number of piperidine rings is 1. The maximum Gasteiger partial charge on any atom is 0.255 e. The van der Waals surface area contributed by atoms with Crippen LogP contribution in [0.25, 0.3) is 22.6 Å². The van der Waals surface area contributed by atoms with Crippen molar-refractivity contribution in [1.82, 2.24) is 19.8 Å². The number of rotatable bonds is 4. The molecule has 3 amide bonds. The van der Waals surface area contributed by atoms with Gasteiger partial charge in [-0.1, -0.05) is 6.07 Å². The maximum atomic E-state index is 13.0. The average molecular weight is 444 g/mol. The van der Waals surface area contributed by atoms with Gasteiger partial charge in [0.2, 0.25) is 11.8 Å². The van der Waals surface area contributed by atoms with E-state index in [2.05, 4.69) is 5.32 Å². The molecule has 1 N–H and O–H groups in total. The quantitative estimate of drug-likeness (QED) is 0.625. The van der Waals surface area contributed by atoms with Crippen LogP contribution in [0.3, 0.4) is 0 Å². The molecule has 1 saturated heterocycles. The van der Waals surface area contributed by atoms with Crippen molar-refractivity contribution in [3.8, 4) is 28.4 Å². The number of amides is 3. The van der Waals surface area contributed by atoms with Crippen LogP contribution in [-0.2, 0) is 23.2 Å². The number of benzene rings is 2. The number of carbonyl (C=O) groups excluding carboxylic acids is 3. The highest BCUT2D eigenvalue weighted by Gasteiger charge is 2.39. The Labute approximate surface area is 191 Å². The lowest BCUT2D eigenvalue weighted by atomic mass is 10.0. The third-order valence-corrected chi connectivity index (χ3v) is 6.41. The summed E-state index contributed by atoms with van der Waals surface area (Å²) >= 11 is 0. The van der Waals surface area contributed by atoms with E-state index in [0.29, 0.717) is 18.5 Å². The lowest BCUT2D eigenvalue weighted by Gasteiger charge is -2.29. The van der Waals surface area contributed by atoms with E-state index in [4.69, 9.17) is 9.72 Å². The molecule has 2 aliphatic heterocycles. The van der Waals surface area contributed by atoms with Crippen LogP contribution < -0.4 is 10.1 Å². The number of ether oxygens (including phenoxy) is 1. The number of nitrogens with one attached hydrogen (secondary N) is 1. The summed E-state index contributed by atoms with van der Waals surface area (Å²) < 4.78 is 7.31. The van der Waals surface area contributed by atoms with Crippen molar-refractivity contribution in [1.29, 1.82) is 0 Å². The number of imidazole rings is 1. The van der Waals surface area contributed by atoms with Crippen LogP contribution in [0.15, 0.2) is 42.5 Å². The molecule has 8 nitrogen and oxygen atoms in total. The number of methoxy groups -OCH3 is 1. The Kier molecular flexibility index (Phi) is 5.00. The Hall–Kier alpha value is -3.94. The van der Waals surface area contributed by atoms with Crippen molar-refractivity contribution in [3.63, 3.8) is 0 Å². The molecule has 33 heavy (non-hydrogen) atoms. The number of fused-ring (bicyclic) bond motifs is 1. The molecule has 2 aromatic carbocycles. The highest BCUT2D eigenvalue weighted by Crippen LogP contribution is 2.33. The molecule has 0 aliphatic carbocycles. The van der Waals surface area contributed by atoms with Crippen molar-refractivity contribution >= 4 is 17.7 Å². The van der Waals surface area contributed by atoms with Crippen LogP contribution >= 0.6 is 0 Å². The van der Waals surface area contributed by atoms with Crippen molar-refractivity contribution in [3.05, 3.63) is 59.3 Å². The van der Waals surface area contributed by atoms with E-state index < -0.39 is 11.9 Å². The topological polar surface area (TPSA) is 93.5 Å². The van der Waals surface area contributed by atoms with E-state index in [-0.39, 0.29) is 18.2 Å². The highest BCUT2D eigenvalue weighted by molar-refractivity contribution is 6.05. The molecular weight excluding hydrogens is 420 g/mol. The minimum absolute atomic E-state index is 0.180. The van der Waals surface area contributed by atoms with Gasteiger partial charge in [-0.3, -0.25) is 19.7 Å². The van der Waals surface area contributed by atoms with Crippen LogP contribution in [-0.4, -0.2) is 45.3 Å². The first kappa shape index (κ1) is 20.9. The largest absolute Gasteiger partial charge is 0.497 e. The summed E-state index contributed by atoms with van der Waals surface area (Å²) in [5, 5.41) is 2.34. The van der Waals surface area contributed by atoms with E-state index in [1.54, 1.807) is 18.1 Å². The zero-order valence-corrected chi connectivity index (χ0v) is 18.7. The number of imide groups is 1. The van der Waals surface area contributed by atoms with Gasteiger partial charge < -0.3 is 14.2 Å². The summed E-state index contributed by atoms with van der Waals surface area (Å²) in [6.45, 7) is 2.31.